The molecule has 0 bridgehead atoms. The summed E-state index contributed by atoms with van der Waals surface area (Å²) in [5.74, 6) is 0. The minimum absolute atomic E-state index is 0.964. The molecule has 0 aliphatic heterocycles. The summed E-state index contributed by atoms with van der Waals surface area (Å²) >= 11 is 1.75. The molecule has 0 atom stereocenters. The van der Waals surface area contributed by atoms with Crippen LogP contribution in [0, 0.1) is 0 Å². The molecule has 0 spiro atoms. The average Bonchev–Trinajstić information content (AvgIpc) is 3.60. The van der Waals surface area contributed by atoms with Gasteiger partial charge in [-0.3, -0.25) is 4.98 Å². The van der Waals surface area contributed by atoms with Crippen LogP contribution < -0.4 is 0 Å². The van der Waals surface area contributed by atoms with E-state index < -0.39 is 0 Å². The van der Waals surface area contributed by atoms with Crippen molar-refractivity contribution < 1.29 is 0 Å². The van der Waals surface area contributed by atoms with E-state index in [1.807, 2.05) is 18.3 Å². The lowest BCUT2D eigenvalue weighted by atomic mass is 9.97. The first-order valence-electron chi connectivity index (χ1n) is 13.3. The molecule has 188 valence electrons. The molecule has 3 aromatic heterocycles. The van der Waals surface area contributed by atoms with Crippen LogP contribution in [0.25, 0.3) is 70.7 Å². The summed E-state index contributed by atoms with van der Waals surface area (Å²) in [5.41, 5.74) is 10.1. The first-order valence-corrected chi connectivity index (χ1v) is 14.2. The van der Waals surface area contributed by atoms with Crippen LogP contribution in [0.5, 0.6) is 0 Å². The lowest BCUT2D eigenvalue weighted by Gasteiger charge is -2.13. The molecule has 3 nitrogen and oxygen atoms in total. The summed E-state index contributed by atoms with van der Waals surface area (Å²) in [6.07, 6.45) is 1.85. The van der Waals surface area contributed by atoms with E-state index in [1.54, 1.807) is 11.3 Å². The largest absolute Gasteiger partial charge is 0.309 e. The van der Waals surface area contributed by atoms with Gasteiger partial charge in [0.15, 0.2) is 0 Å². The molecule has 0 N–H and O–H groups in total. The van der Waals surface area contributed by atoms with Crippen LogP contribution >= 0.6 is 11.3 Å². The van der Waals surface area contributed by atoms with E-state index in [0.29, 0.717) is 0 Å². The number of hydrogen-bond acceptors (Lipinski definition) is 3. The number of nitrogens with zero attached hydrogens (tertiary/aromatic N) is 3. The lowest BCUT2D eigenvalue weighted by molar-refractivity contribution is 1.18. The molecular weight excluding hydrogens is 506 g/mol. The van der Waals surface area contributed by atoms with Gasteiger partial charge in [0.1, 0.15) is 5.01 Å². The quantitative estimate of drug-likeness (QED) is 0.227. The third-order valence-corrected chi connectivity index (χ3v) is 8.56. The van der Waals surface area contributed by atoms with Gasteiger partial charge >= 0.3 is 0 Å². The smallest absolute Gasteiger partial charge is 0.125 e. The monoisotopic (exact) mass is 529 g/mol. The van der Waals surface area contributed by atoms with Crippen molar-refractivity contribution in [1.29, 1.82) is 0 Å². The van der Waals surface area contributed by atoms with Crippen LogP contribution in [-0.4, -0.2) is 14.5 Å². The number of pyridine rings is 1. The molecule has 0 saturated carbocycles. The first-order chi connectivity index (χ1) is 19.8. The summed E-state index contributed by atoms with van der Waals surface area (Å²) in [6.45, 7) is 0. The molecule has 8 aromatic rings. The second-order valence-corrected chi connectivity index (χ2v) is 10.9. The number of fused-ring (bicyclic) bond motifs is 4. The number of aromatic nitrogens is 3. The summed E-state index contributed by atoms with van der Waals surface area (Å²) in [7, 11) is 0. The van der Waals surface area contributed by atoms with Crippen LogP contribution in [0.1, 0.15) is 0 Å². The highest BCUT2D eigenvalue weighted by Gasteiger charge is 2.19. The van der Waals surface area contributed by atoms with Gasteiger partial charge in [-0.05, 0) is 65.7 Å². The van der Waals surface area contributed by atoms with Crippen molar-refractivity contribution in [3.63, 3.8) is 0 Å². The molecule has 3 heterocycles. The highest BCUT2D eigenvalue weighted by atomic mass is 32.1. The second-order valence-electron chi connectivity index (χ2n) is 9.89. The number of hydrogen-bond donors (Lipinski definition) is 0. The molecule has 0 amide bonds. The summed E-state index contributed by atoms with van der Waals surface area (Å²) in [5, 5.41) is 3.48. The molecule has 0 aliphatic rings. The van der Waals surface area contributed by atoms with Crippen molar-refractivity contribution >= 4 is 43.4 Å². The Morgan fingerprint density at radius 1 is 0.550 bits per heavy atom. The average molecular weight is 530 g/mol. The van der Waals surface area contributed by atoms with Crippen molar-refractivity contribution in [3.8, 4) is 38.6 Å². The molecule has 0 aliphatic carbocycles. The molecule has 8 rings (SSSR count). The summed E-state index contributed by atoms with van der Waals surface area (Å²) < 4.78 is 3.57. The van der Waals surface area contributed by atoms with Gasteiger partial charge in [-0.15, -0.1) is 11.3 Å². The van der Waals surface area contributed by atoms with E-state index >= 15 is 0 Å². The lowest BCUT2D eigenvalue weighted by Crippen LogP contribution is -1.95. The normalized spacial score (nSPS) is 11.5. The van der Waals surface area contributed by atoms with Crippen LogP contribution in [0.3, 0.4) is 0 Å². The van der Waals surface area contributed by atoms with Crippen LogP contribution in [-0.2, 0) is 0 Å². The number of rotatable bonds is 4. The van der Waals surface area contributed by atoms with Gasteiger partial charge < -0.3 is 4.57 Å². The zero-order valence-electron chi connectivity index (χ0n) is 21.5. The third-order valence-electron chi connectivity index (χ3n) is 7.49. The van der Waals surface area contributed by atoms with Crippen LogP contribution in [0.15, 0.2) is 140 Å². The van der Waals surface area contributed by atoms with Crippen molar-refractivity contribution in [2.24, 2.45) is 0 Å². The van der Waals surface area contributed by atoms with E-state index in [2.05, 4.69) is 131 Å². The Morgan fingerprint density at radius 3 is 2.23 bits per heavy atom. The molecular formula is C36H23N3S. The Labute approximate surface area is 235 Å². The highest BCUT2D eigenvalue weighted by molar-refractivity contribution is 7.21. The maximum absolute atomic E-state index is 5.09. The minimum Gasteiger partial charge on any atom is -0.309 e. The number of benzene rings is 5. The molecule has 0 saturated heterocycles. The maximum atomic E-state index is 5.09. The van der Waals surface area contributed by atoms with Crippen molar-refractivity contribution in [1.82, 2.24) is 14.5 Å². The van der Waals surface area contributed by atoms with Gasteiger partial charge in [0.2, 0.25) is 0 Å². The topological polar surface area (TPSA) is 30.7 Å². The fraction of sp³-hybridized carbons (Fsp3) is 0. The van der Waals surface area contributed by atoms with Crippen molar-refractivity contribution in [2.75, 3.05) is 0 Å². The molecule has 40 heavy (non-hydrogen) atoms. The van der Waals surface area contributed by atoms with Gasteiger partial charge in [0.25, 0.3) is 0 Å². The molecule has 0 fully saturated rings. The Kier molecular flexibility index (Phi) is 5.32. The predicted molar refractivity (Wildman–Crippen MR) is 168 cm³/mol. The highest BCUT2D eigenvalue weighted by Crippen LogP contribution is 2.42. The minimum atomic E-state index is 0.964. The summed E-state index contributed by atoms with van der Waals surface area (Å²) in [4.78, 5) is 9.69. The molecule has 4 heteroatoms. The second kappa shape index (κ2) is 9.30. The number of para-hydroxylation sites is 2. The number of thiazole rings is 1. The van der Waals surface area contributed by atoms with E-state index in [1.165, 1.54) is 32.1 Å². The van der Waals surface area contributed by atoms with E-state index in [0.717, 1.165) is 38.5 Å². The Balaban J connectivity index is 1.45. The van der Waals surface area contributed by atoms with E-state index in [9.17, 15) is 0 Å². The Hall–Kier alpha value is -5.06. The predicted octanol–water partition coefficient (Wildman–Crippen LogP) is 9.79. The summed E-state index contributed by atoms with van der Waals surface area (Å²) in [6, 6.07) is 47.1. The van der Waals surface area contributed by atoms with Crippen molar-refractivity contribution in [2.45, 2.75) is 0 Å². The van der Waals surface area contributed by atoms with Gasteiger partial charge in [-0.25, -0.2) is 4.98 Å². The van der Waals surface area contributed by atoms with Crippen LogP contribution in [0.4, 0.5) is 0 Å². The molecule has 0 radical (unpaired) electrons. The SMILES string of the molecule is c1ccc(-c2cc3c4ccccc4n(-c4cccc(-c5ccccn5)c4)c3cc2-c2nc3ccccc3s2)cc1. The third kappa shape index (κ3) is 3.73. The van der Waals surface area contributed by atoms with E-state index in [-0.39, 0.29) is 0 Å². The van der Waals surface area contributed by atoms with Gasteiger partial charge in [-0.1, -0.05) is 78.9 Å². The Morgan fingerprint density at radius 2 is 1.35 bits per heavy atom. The van der Waals surface area contributed by atoms with Gasteiger partial charge in [0.05, 0.1) is 26.9 Å². The first kappa shape index (κ1) is 22.9. The fourth-order valence-electron chi connectivity index (χ4n) is 5.65. The van der Waals surface area contributed by atoms with Crippen molar-refractivity contribution in [3.05, 3.63) is 140 Å². The molecule has 0 unspecified atom stereocenters. The van der Waals surface area contributed by atoms with Gasteiger partial charge in [0, 0.05) is 33.8 Å². The van der Waals surface area contributed by atoms with Gasteiger partial charge in [-0.2, -0.15) is 0 Å². The zero-order chi connectivity index (χ0) is 26.5. The standard InChI is InChI=1S/C36H23N3S/c1-2-11-24(12-3-1)28-22-29-27-15-4-6-18-33(27)39(26-14-10-13-25(21-26)31-16-8-9-20-37-31)34(29)23-30(28)36-38-32-17-5-7-19-35(32)40-36/h1-23H. The fourth-order valence-corrected chi connectivity index (χ4v) is 6.65. The van der Waals surface area contributed by atoms with Crippen LogP contribution in [0.2, 0.25) is 0 Å². The molecule has 5 aromatic carbocycles. The zero-order valence-corrected chi connectivity index (χ0v) is 22.3. The Bertz CT molecular complexity index is 2130. The maximum Gasteiger partial charge on any atom is 0.125 e. The van der Waals surface area contributed by atoms with E-state index in [4.69, 9.17) is 4.98 Å².